The molecule has 2 aromatic carbocycles. The fourth-order valence-corrected chi connectivity index (χ4v) is 4.11. The lowest BCUT2D eigenvalue weighted by Gasteiger charge is -2.24. The number of nitrogen functional groups attached to an aromatic ring is 1. The fraction of sp³-hybridized carbons (Fsp3) is 0.200. The second-order valence-electron chi connectivity index (χ2n) is 8.12. The fourth-order valence-electron chi connectivity index (χ4n) is 4.11. The van der Waals surface area contributed by atoms with Crippen molar-refractivity contribution >= 4 is 29.1 Å². The average Bonchev–Trinajstić information content (AvgIpc) is 3.03. The van der Waals surface area contributed by atoms with E-state index < -0.39 is 11.4 Å². The number of nitrogens with two attached hydrogens (primary N) is 1. The number of rotatable bonds is 6. The van der Waals surface area contributed by atoms with Crippen LogP contribution in [0.25, 0.3) is 5.57 Å². The van der Waals surface area contributed by atoms with Crippen molar-refractivity contribution in [2.45, 2.75) is 32.1 Å². The number of benzene rings is 2. The van der Waals surface area contributed by atoms with Crippen molar-refractivity contribution < 1.29 is 14.7 Å². The van der Waals surface area contributed by atoms with Gasteiger partial charge in [-0.1, -0.05) is 55.1 Å². The maximum atomic E-state index is 13.1. The average molecular weight is 428 g/mol. The van der Waals surface area contributed by atoms with Gasteiger partial charge in [0, 0.05) is 12.0 Å². The van der Waals surface area contributed by atoms with Crippen molar-refractivity contribution in [3.8, 4) is 0 Å². The summed E-state index contributed by atoms with van der Waals surface area (Å²) in [6, 6.07) is 15.1. The molecule has 0 saturated carbocycles. The molecule has 0 bridgehead atoms. The topological polar surface area (TPSA) is 118 Å². The third-order valence-corrected chi connectivity index (χ3v) is 6.02. The SMILES string of the molecule is C=C(c1nc(N)c2c(n1)NC(=O)[C@@]2(C)c1ccc(CCC(=O)O)cc1)c1ccccc1C. The van der Waals surface area contributed by atoms with Gasteiger partial charge in [0.05, 0.1) is 5.56 Å². The summed E-state index contributed by atoms with van der Waals surface area (Å²) in [6.07, 6.45) is 0.471. The summed E-state index contributed by atoms with van der Waals surface area (Å²) in [4.78, 5) is 33.0. The van der Waals surface area contributed by atoms with Crippen LogP contribution in [-0.4, -0.2) is 27.0 Å². The molecule has 4 rings (SSSR count). The smallest absolute Gasteiger partial charge is 0.303 e. The van der Waals surface area contributed by atoms with Crippen LogP contribution in [0.3, 0.4) is 0 Å². The Kier molecular flexibility index (Phi) is 5.26. The second-order valence-corrected chi connectivity index (χ2v) is 8.12. The number of carboxylic acid groups (broad SMARTS) is 1. The van der Waals surface area contributed by atoms with E-state index in [1.807, 2.05) is 55.5 Å². The summed E-state index contributed by atoms with van der Waals surface area (Å²) in [5.41, 5.74) is 10.0. The number of anilines is 2. The van der Waals surface area contributed by atoms with Gasteiger partial charge in [0.2, 0.25) is 5.91 Å². The van der Waals surface area contributed by atoms with Crippen LogP contribution >= 0.6 is 0 Å². The Hall–Kier alpha value is -4.00. The number of amides is 1. The largest absolute Gasteiger partial charge is 0.481 e. The molecule has 7 heteroatoms. The Morgan fingerprint density at radius 1 is 1.16 bits per heavy atom. The monoisotopic (exact) mass is 428 g/mol. The number of hydrogen-bond acceptors (Lipinski definition) is 5. The zero-order valence-corrected chi connectivity index (χ0v) is 18.0. The van der Waals surface area contributed by atoms with Crippen LogP contribution in [-0.2, 0) is 21.4 Å². The van der Waals surface area contributed by atoms with Crippen LogP contribution in [0.5, 0.6) is 0 Å². The van der Waals surface area contributed by atoms with E-state index in [4.69, 9.17) is 10.8 Å². The molecule has 0 unspecified atom stereocenters. The highest BCUT2D eigenvalue weighted by molar-refractivity contribution is 6.09. The number of fused-ring (bicyclic) bond motifs is 1. The van der Waals surface area contributed by atoms with Crippen LogP contribution in [0, 0.1) is 6.92 Å². The van der Waals surface area contributed by atoms with Crippen molar-refractivity contribution in [1.29, 1.82) is 0 Å². The molecular weight excluding hydrogens is 404 g/mol. The van der Waals surface area contributed by atoms with E-state index in [1.54, 1.807) is 6.92 Å². The van der Waals surface area contributed by atoms with Gasteiger partial charge in [-0.05, 0) is 42.5 Å². The Labute approximate surface area is 186 Å². The quantitative estimate of drug-likeness (QED) is 0.551. The van der Waals surface area contributed by atoms with Crippen molar-refractivity contribution in [2.24, 2.45) is 0 Å². The van der Waals surface area contributed by atoms with Crippen LogP contribution in [0.1, 0.15) is 47.0 Å². The van der Waals surface area contributed by atoms with Gasteiger partial charge < -0.3 is 16.2 Å². The lowest BCUT2D eigenvalue weighted by atomic mass is 9.77. The van der Waals surface area contributed by atoms with Crippen molar-refractivity contribution in [2.75, 3.05) is 11.1 Å². The second kappa shape index (κ2) is 7.92. The predicted molar refractivity (Wildman–Crippen MR) is 123 cm³/mol. The minimum absolute atomic E-state index is 0.0499. The highest BCUT2D eigenvalue weighted by Crippen LogP contribution is 2.44. The molecule has 0 saturated heterocycles. The maximum Gasteiger partial charge on any atom is 0.303 e. The van der Waals surface area contributed by atoms with Gasteiger partial charge in [-0.2, -0.15) is 0 Å². The molecule has 1 amide bonds. The van der Waals surface area contributed by atoms with E-state index in [-0.39, 0.29) is 18.1 Å². The summed E-state index contributed by atoms with van der Waals surface area (Å²) in [5.74, 6) is -0.132. The third kappa shape index (κ3) is 3.51. The lowest BCUT2D eigenvalue weighted by Crippen LogP contribution is -2.33. The highest BCUT2D eigenvalue weighted by Gasteiger charge is 2.47. The first kappa shape index (κ1) is 21.2. The van der Waals surface area contributed by atoms with Crippen LogP contribution in [0.15, 0.2) is 55.1 Å². The number of aromatic nitrogens is 2. The zero-order chi connectivity index (χ0) is 23.0. The molecule has 3 aromatic rings. The molecule has 2 heterocycles. The number of aliphatic carboxylic acids is 1. The number of carbonyl (C=O) groups excluding carboxylic acids is 1. The van der Waals surface area contributed by atoms with Crippen molar-refractivity contribution in [1.82, 2.24) is 9.97 Å². The molecule has 1 atom stereocenters. The number of aryl methyl sites for hydroxylation is 2. The van der Waals surface area contributed by atoms with E-state index in [0.29, 0.717) is 29.2 Å². The van der Waals surface area contributed by atoms with Gasteiger partial charge in [0.25, 0.3) is 0 Å². The number of carbonyl (C=O) groups is 2. The van der Waals surface area contributed by atoms with Gasteiger partial charge in [0.15, 0.2) is 5.82 Å². The van der Waals surface area contributed by atoms with E-state index in [9.17, 15) is 9.59 Å². The summed E-state index contributed by atoms with van der Waals surface area (Å²) < 4.78 is 0. The normalized spacial score (nSPS) is 17.0. The van der Waals surface area contributed by atoms with Gasteiger partial charge in [-0.15, -0.1) is 0 Å². The van der Waals surface area contributed by atoms with Crippen LogP contribution in [0.4, 0.5) is 11.6 Å². The molecular formula is C25H24N4O3. The number of carboxylic acids is 1. The molecule has 7 nitrogen and oxygen atoms in total. The van der Waals surface area contributed by atoms with Crippen molar-refractivity contribution in [3.05, 3.63) is 88.8 Å². The number of nitrogens with zero attached hydrogens (tertiary/aromatic N) is 2. The van der Waals surface area contributed by atoms with Gasteiger partial charge in [0.1, 0.15) is 17.1 Å². The first-order valence-electron chi connectivity index (χ1n) is 10.3. The standard InChI is InChI=1S/C25H24N4O3/c1-14-6-4-5-7-18(14)15(2)22-27-21(26)20-23(28-22)29-24(32)25(20,3)17-11-8-16(9-12-17)10-13-19(30)31/h4-9,11-12H,2,10,13H2,1,3H3,(H,30,31)(H3,26,27,28,29,32)/t25-/m0/s1. The minimum atomic E-state index is -1.06. The number of nitrogens with one attached hydrogen (secondary N) is 1. The van der Waals surface area contributed by atoms with E-state index >= 15 is 0 Å². The molecule has 4 N–H and O–H groups in total. The molecule has 1 aliphatic rings. The minimum Gasteiger partial charge on any atom is -0.481 e. The van der Waals surface area contributed by atoms with Crippen LogP contribution in [0.2, 0.25) is 0 Å². The maximum absolute atomic E-state index is 13.1. The van der Waals surface area contributed by atoms with Crippen molar-refractivity contribution in [3.63, 3.8) is 0 Å². The number of hydrogen-bond donors (Lipinski definition) is 3. The summed E-state index contributed by atoms with van der Waals surface area (Å²) in [6.45, 7) is 7.91. The Morgan fingerprint density at radius 3 is 2.50 bits per heavy atom. The van der Waals surface area contributed by atoms with E-state index in [1.165, 1.54) is 0 Å². The highest BCUT2D eigenvalue weighted by atomic mass is 16.4. The third-order valence-electron chi connectivity index (χ3n) is 6.02. The molecule has 0 aliphatic carbocycles. The van der Waals surface area contributed by atoms with E-state index in [0.717, 1.165) is 22.3 Å². The first-order chi connectivity index (χ1) is 15.2. The first-order valence-corrected chi connectivity index (χ1v) is 10.3. The molecule has 1 aliphatic heterocycles. The molecule has 162 valence electrons. The van der Waals surface area contributed by atoms with Gasteiger partial charge >= 0.3 is 5.97 Å². The molecule has 1 aromatic heterocycles. The molecule has 0 fully saturated rings. The zero-order valence-electron chi connectivity index (χ0n) is 18.0. The lowest BCUT2D eigenvalue weighted by molar-refractivity contribution is -0.137. The molecule has 32 heavy (non-hydrogen) atoms. The Morgan fingerprint density at radius 2 is 1.84 bits per heavy atom. The Balaban J connectivity index is 1.72. The van der Waals surface area contributed by atoms with E-state index in [2.05, 4.69) is 21.9 Å². The van der Waals surface area contributed by atoms with Crippen LogP contribution < -0.4 is 11.1 Å². The predicted octanol–water partition coefficient (Wildman–Crippen LogP) is 3.70. The summed E-state index contributed by atoms with van der Waals surface area (Å²) >= 11 is 0. The summed E-state index contributed by atoms with van der Waals surface area (Å²) in [7, 11) is 0. The molecule has 0 radical (unpaired) electrons. The summed E-state index contributed by atoms with van der Waals surface area (Å²) in [5, 5.41) is 11.7. The van der Waals surface area contributed by atoms with Gasteiger partial charge in [-0.25, -0.2) is 9.97 Å². The Bertz CT molecular complexity index is 1250. The molecule has 0 spiro atoms. The van der Waals surface area contributed by atoms with Gasteiger partial charge in [-0.3, -0.25) is 9.59 Å².